The third-order valence-corrected chi connectivity index (χ3v) is 5.66. The smallest absolute Gasteiger partial charge is 0.337 e. The summed E-state index contributed by atoms with van der Waals surface area (Å²) in [4.78, 5) is 26.2. The summed E-state index contributed by atoms with van der Waals surface area (Å²) in [7, 11) is 1.60. The number of carbonyl (C=O) groups is 2. The molecule has 2 aromatic rings. The Morgan fingerprint density at radius 2 is 1.80 bits per heavy atom. The van der Waals surface area contributed by atoms with Crippen molar-refractivity contribution in [3.63, 3.8) is 0 Å². The number of nitrogens with one attached hydrogen (secondary N) is 1. The summed E-state index contributed by atoms with van der Waals surface area (Å²) >= 11 is 0. The lowest BCUT2D eigenvalue weighted by atomic mass is 9.75. The normalized spacial score (nSPS) is 18.6. The van der Waals surface area contributed by atoms with Crippen LogP contribution >= 0.6 is 0 Å². The number of methoxy groups -OCH3 is 1. The quantitative estimate of drug-likeness (QED) is 0.750. The van der Waals surface area contributed by atoms with Crippen LogP contribution in [-0.4, -0.2) is 18.9 Å². The van der Waals surface area contributed by atoms with Gasteiger partial charge in [0, 0.05) is 29.0 Å². The summed E-state index contributed by atoms with van der Waals surface area (Å²) in [6, 6.07) is 17.1. The van der Waals surface area contributed by atoms with Crippen LogP contribution in [0.15, 0.2) is 77.1 Å². The predicted octanol–water partition coefficient (Wildman–Crippen LogP) is 4.41. The largest absolute Gasteiger partial charge is 0.496 e. The predicted molar refractivity (Wildman–Crippen MR) is 114 cm³/mol. The van der Waals surface area contributed by atoms with E-state index in [-0.39, 0.29) is 12.4 Å². The van der Waals surface area contributed by atoms with Crippen LogP contribution in [-0.2, 0) is 20.9 Å². The first-order chi connectivity index (χ1) is 14.6. The minimum absolute atomic E-state index is 0.0699. The molecule has 1 N–H and O–H groups in total. The van der Waals surface area contributed by atoms with E-state index >= 15 is 0 Å². The molecule has 1 aliphatic carbocycles. The molecule has 2 aliphatic rings. The molecule has 0 fully saturated rings. The van der Waals surface area contributed by atoms with Gasteiger partial charge >= 0.3 is 5.97 Å². The Balaban J connectivity index is 1.75. The van der Waals surface area contributed by atoms with E-state index in [1.54, 1.807) is 7.11 Å². The lowest BCUT2D eigenvalue weighted by Gasteiger charge is -2.34. The van der Waals surface area contributed by atoms with Gasteiger partial charge in [-0.2, -0.15) is 0 Å². The molecule has 5 heteroatoms. The van der Waals surface area contributed by atoms with Crippen molar-refractivity contribution in [2.45, 2.75) is 38.7 Å². The third-order valence-electron chi connectivity index (χ3n) is 5.66. The van der Waals surface area contributed by atoms with Gasteiger partial charge in [0.1, 0.15) is 12.4 Å². The molecular weight excluding hydrogens is 378 g/mol. The highest BCUT2D eigenvalue weighted by Crippen LogP contribution is 2.45. The van der Waals surface area contributed by atoms with Crippen molar-refractivity contribution >= 4 is 11.8 Å². The number of rotatable bonds is 5. The van der Waals surface area contributed by atoms with E-state index in [4.69, 9.17) is 9.47 Å². The van der Waals surface area contributed by atoms with Gasteiger partial charge in [-0.05, 0) is 31.4 Å². The minimum Gasteiger partial charge on any atom is -0.496 e. The van der Waals surface area contributed by atoms with E-state index in [0.29, 0.717) is 23.3 Å². The van der Waals surface area contributed by atoms with Crippen LogP contribution < -0.4 is 10.1 Å². The summed E-state index contributed by atoms with van der Waals surface area (Å²) in [5.74, 6) is -0.213. The molecule has 30 heavy (non-hydrogen) atoms. The first kappa shape index (κ1) is 20.0. The molecule has 0 bridgehead atoms. The Bertz CT molecular complexity index is 1040. The van der Waals surface area contributed by atoms with E-state index in [9.17, 15) is 9.59 Å². The summed E-state index contributed by atoms with van der Waals surface area (Å²) in [5, 5.41) is 3.31. The van der Waals surface area contributed by atoms with E-state index in [0.717, 1.165) is 35.4 Å². The Labute approximate surface area is 176 Å². The highest BCUT2D eigenvalue weighted by molar-refractivity contribution is 6.04. The van der Waals surface area contributed by atoms with Crippen molar-refractivity contribution in [3.8, 4) is 5.75 Å². The van der Waals surface area contributed by atoms with Crippen molar-refractivity contribution < 1.29 is 19.1 Å². The zero-order chi connectivity index (χ0) is 21.1. The SMILES string of the molecule is COc1ccccc1[C@@H]1C(C(=O)OCc2ccccc2)=C(C)NC2=C1C(=O)CCC2. The monoisotopic (exact) mass is 403 g/mol. The molecule has 0 amide bonds. The Morgan fingerprint density at radius 1 is 1.07 bits per heavy atom. The van der Waals surface area contributed by atoms with E-state index in [1.165, 1.54) is 0 Å². The molecule has 154 valence electrons. The number of benzene rings is 2. The zero-order valence-electron chi connectivity index (χ0n) is 17.2. The van der Waals surface area contributed by atoms with Gasteiger partial charge in [0.05, 0.1) is 18.6 Å². The molecule has 0 aromatic heterocycles. The van der Waals surface area contributed by atoms with Gasteiger partial charge < -0.3 is 14.8 Å². The summed E-state index contributed by atoms with van der Waals surface area (Å²) < 4.78 is 11.2. The Kier molecular flexibility index (Phi) is 5.70. The molecule has 0 radical (unpaired) electrons. The number of hydrogen-bond acceptors (Lipinski definition) is 5. The number of allylic oxidation sites excluding steroid dienone is 3. The van der Waals surface area contributed by atoms with Crippen molar-refractivity contribution in [3.05, 3.63) is 88.3 Å². The van der Waals surface area contributed by atoms with Gasteiger partial charge in [-0.1, -0.05) is 48.5 Å². The fourth-order valence-corrected chi connectivity index (χ4v) is 4.27. The molecular formula is C25H25NO4. The lowest BCUT2D eigenvalue weighted by molar-refractivity contribution is -0.140. The molecule has 4 rings (SSSR count). The molecule has 1 aliphatic heterocycles. The average Bonchev–Trinajstić information content (AvgIpc) is 2.77. The lowest BCUT2D eigenvalue weighted by Crippen LogP contribution is -2.34. The first-order valence-corrected chi connectivity index (χ1v) is 10.2. The Hall–Kier alpha value is -3.34. The zero-order valence-corrected chi connectivity index (χ0v) is 17.2. The van der Waals surface area contributed by atoms with Crippen molar-refractivity contribution in [1.29, 1.82) is 0 Å². The van der Waals surface area contributed by atoms with Crippen molar-refractivity contribution in [2.24, 2.45) is 0 Å². The molecule has 0 unspecified atom stereocenters. The summed E-state index contributed by atoms with van der Waals surface area (Å²) in [6.07, 6.45) is 2.08. The number of ketones is 1. The van der Waals surface area contributed by atoms with Gasteiger partial charge in [-0.25, -0.2) is 4.79 Å². The van der Waals surface area contributed by atoms with Gasteiger partial charge in [0.2, 0.25) is 0 Å². The van der Waals surface area contributed by atoms with Gasteiger partial charge in [-0.3, -0.25) is 4.79 Å². The number of dihydropyridines is 1. The molecule has 2 aromatic carbocycles. The molecule has 0 saturated carbocycles. The van der Waals surface area contributed by atoms with Gasteiger partial charge in [0.25, 0.3) is 0 Å². The minimum atomic E-state index is -0.506. The van der Waals surface area contributed by atoms with Crippen molar-refractivity contribution in [1.82, 2.24) is 5.32 Å². The highest BCUT2D eigenvalue weighted by atomic mass is 16.5. The number of Topliss-reactive ketones (excluding diaryl/α,β-unsaturated/α-hetero) is 1. The van der Waals surface area contributed by atoms with Crippen LogP contribution in [0.1, 0.15) is 43.2 Å². The fraction of sp³-hybridized carbons (Fsp3) is 0.280. The fourth-order valence-electron chi connectivity index (χ4n) is 4.27. The number of para-hydroxylation sites is 1. The highest BCUT2D eigenvalue weighted by Gasteiger charge is 2.40. The second-order valence-electron chi connectivity index (χ2n) is 7.57. The number of esters is 1. The van der Waals surface area contributed by atoms with E-state index in [2.05, 4.69) is 5.32 Å². The maximum absolute atomic E-state index is 13.3. The number of hydrogen-bond donors (Lipinski definition) is 1. The standard InChI is InChI=1S/C25H25NO4/c1-16-22(25(28)30-15-17-9-4-3-5-10-17)23(18-11-6-7-14-21(18)29-2)24-19(26-16)12-8-13-20(24)27/h3-7,9-11,14,23,26H,8,12-13,15H2,1-2H3/t23-/m1/s1. The van der Waals surface area contributed by atoms with E-state index < -0.39 is 11.9 Å². The van der Waals surface area contributed by atoms with Gasteiger partial charge in [-0.15, -0.1) is 0 Å². The average molecular weight is 403 g/mol. The topological polar surface area (TPSA) is 64.6 Å². The molecule has 0 saturated heterocycles. The summed E-state index contributed by atoms with van der Waals surface area (Å²) in [6.45, 7) is 2.04. The van der Waals surface area contributed by atoms with Crippen LogP contribution in [0.25, 0.3) is 0 Å². The maximum Gasteiger partial charge on any atom is 0.337 e. The van der Waals surface area contributed by atoms with Crippen molar-refractivity contribution in [2.75, 3.05) is 7.11 Å². The molecule has 1 heterocycles. The molecule has 0 spiro atoms. The van der Waals surface area contributed by atoms with Crippen LogP contribution in [0, 0.1) is 0 Å². The second kappa shape index (κ2) is 8.57. The third kappa shape index (κ3) is 3.75. The van der Waals surface area contributed by atoms with Crippen LogP contribution in [0.4, 0.5) is 0 Å². The van der Waals surface area contributed by atoms with Crippen LogP contribution in [0.2, 0.25) is 0 Å². The molecule has 1 atom stereocenters. The van der Waals surface area contributed by atoms with Gasteiger partial charge in [0.15, 0.2) is 5.78 Å². The van der Waals surface area contributed by atoms with E-state index in [1.807, 2.05) is 61.5 Å². The summed E-state index contributed by atoms with van der Waals surface area (Å²) in [5.41, 5.74) is 4.45. The first-order valence-electron chi connectivity index (χ1n) is 10.2. The molecule has 5 nitrogen and oxygen atoms in total. The van der Waals surface area contributed by atoms with Crippen LogP contribution in [0.3, 0.4) is 0 Å². The Morgan fingerprint density at radius 3 is 2.57 bits per heavy atom. The van der Waals surface area contributed by atoms with Crippen LogP contribution in [0.5, 0.6) is 5.75 Å². The number of ether oxygens (including phenoxy) is 2. The number of carbonyl (C=O) groups excluding carboxylic acids is 2. The maximum atomic E-state index is 13.3. The second-order valence-corrected chi connectivity index (χ2v) is 7.57.